The second kappa shape index (κ2) is 8.83. The van der Waals surface area contributed by atoms with Crippen molar-refractivity contribution < 1.29 is 14.5 Å². The van der Waals surface area contributed by atoms with E-state index >= 15 is 0 Å². The molecule has 8 nitrogen and oxygen atoms in total. The van der Waals surface area contributed by atoms with E-state index in [2.05, 4.69) is 5.32 Å². The lowest BCUT2D eigenvalue weighted by molar-refractivity contribution is -0.384. The van der Waals surface area contributed by atoms with Crippen LogP contribution in [0.25, 0.3) is 0 Å². The van der Waals surface area contributed by atoms with Crippen molar-refractivity contribution in [2.45, 2.75) is 13.8 Å². The monoisotopic (exact) mass is 396 g/mol. The number of benzene rings is 2. The van der Waals surface area contributed by atoms with Gasteiger partial charge in [0.25, 0.3) is 11.6 Å². The van der Waals surface area contributed by atoms with Gasteiger partial charge in [-0.15, -0.1) is 0 Å². The van der Waals surface area contributed by atoms with Crippen molar-refractivity contribution in [3.63, 3.8) is 0 Å². The lowest BCUT2D eigenvalue weighted by Crippen LogP contribution is -2.50. The van der Waals surface area contributed by atoms with E-state index in [0.717, 1.165) is 16.8 Å². The fourth-order valence-corrected chi connectivity index (χ4v) is 3.44. The number of nitrogens with one attached hydrogen (secondary N) is 1. The molecule has 152 valence electrons. The molecule has 1 fully saturated rings. The first-order chi connectivity index (χ1) is 13.8. The van der Waals surface area contributed by atoms with Crippen molar-refractivity contribution >= 4 is 23.2 Å². The van der Waals surface area contributed by atoms with Crippen molar-refractivity contribution in [3.8, 4) is 0 Å². The molecule has 2 aromatic carbocycles. The number of rotatable bonds is 5. The van der Waals surface area contributed by atoms with Crippen LogP contribution in [0.5, 0.6) is 0 Å². The number of para-hydroxylation sites is 1. The van der Waals surface area contributed by atoms with Crippen molar-refractivity contribution in [3.05, 3.63) is 69.3 Å². The van der Waals surface area contributed by atoms with E-state index in [1.807, 2.05) is 36.9 Å². The average molecular weight is 396 g/mol. The van der Waals surface area contributed by atoms with Gasteiger partial charge in [-0.1, -0.05) is 24.3 Å². The zero-order chi connectivity index (χ0) is 21.0. The Hall–Kier alpha value is -3.26. The van der Waals surface area contributed by atoms with Crippen LogP contribution in [0.15, 0.2) is 42.5 Å². The zero-order valence-corrected chi connectivity index (χ0v) is 16.6. The second-order valence-corrected chi connectivity index (χ2v) is 7.19. The summed E-state index contributed by atoms with van der Waals surface area (Å²) in [5.74, 6) is -0.311. The molecule has 0 atom stereocenters. The number of non-ortho nitro benzene ring substituents is 1. The van der Waals surface area contributed by atoms with Crippen molar-refractivity contribution in [1.29, 1.82) is 0 Å². The molecular weight excluding hydrogens is 372 g/mol. The number of nitro benzene ring substituents is 1. The van der Waals surface area contributed by atoms with Crippen LogP contribution in [-0.4, -0.2) is 59.3 Å². The molecule has 1 aliphatic rings. The number of anilines is 1. The third-order valence-electron chi connectivity index (χ3n) is 5.08. The summed E-state index contributed by atoms with van der Waals surface area (Å²) in [5.41, 5.74) is 3.09. The maximum Gasteiger partial charge on any atom is 0.270 e. The molecule has 1 heterocycles. The first-order valence-electron chi connectivity index (χ1n) is 9.47. The molecule has 0 aromatic heterocycles. The third kappa shape index (κ3) is 4.97. The average Bonchev–Trinajstić information content (AvgIpc) is 2.71. The molecule has 0 saturated carbocycles. The van der Waals surface area contributed by atoms with Crippen LogP contribution in [0.3, 0.4) is 0 Å². The Morgan fingerprint density at radius 1 is 1.03 bits per heavy atom. The SMILES string of the molecule is Cc1cccc(C)c1NC(=O)CN1CCN(C(=O)c2cccc([N+](=O)[O-])c2)CC1. The van der Waals surface area contributed by atoms with Gasteiger partial charge in [-0.2, -0.15) is 0 Å². The van der Waals surface area contributed by atoms with E-state index in [0.29, 0.717) is 31.7 Å². The number of carbonyl (C=O) groups is 2. The maximum absolute atomic E-state index is 12.6. The van der Waals surface area contributed by atoms with E-state index in [4.69, 9.17) is 0 Å². The summed E-state index contributed by atoms with van der Waals surface area (Å²) in [6, 6.07) is 11.6. The summed E-state index contributed by atoms with van der Waals surface area (Å²) in [6.07, 6.45) is 0. The van der Waals surface area contributed by atoms with E-state index in [-0.39, 0.29) is 24.0 Å². The summed E-state index contributed by atoms with van der Waals surface area (Å²) in [6.45, 7) is 6.26. The highest BCUT2D eigenvalue weighted by atomic mass is 16.6. The number of piperazine rings is 1. The second-order valence-electron chi connectivity index (χ2n) is 7.19. The van der Waals surface area contributed by atoms with Crippen molar-refractivity contribution in [1.82, 2.24) is 9.80 Å². The van der Waals surface area contributed by atoms with Gasteiger partial charge in [0.2, 0.25) is 5.91 Å². The largest absolute Gasteiger partial charge is 0.336 e. The van der Waals surface area contributed by atoms with Crippen LogP contribution in [0, 0.1) is 24.0 Å². The number of nitro groups is 1. The highest BCUT2D eigenvalue weighted by Gasteiger charge is 2.24. The van der Waals surface area contributed by atoms with Crippen molar-refractivity contribution in [2.75, 3.05) is 38.0 Å². The first-order valence-corrected chi connectivity index (χ1v) is 9.47. The van der Waals surface area contributed by atoms with Gasteiger partial charge in [-0.3, -0.25) is 24.6 Å². The predicted octanol–water partition coefficient (Wildman–Crippen LogP) is 2.61. The molecule has 1 saturated heterocycles. The number of hydrogen-bond donors (Lipinski definition) is 1. The zero-order valence-electron chi connectivity index (χ0n) is 16.6. The van der Waals surface area contributed by atoms with Gasteiger partial charge < -0.3 is 10.2 Å². The van der Waals surface area contributed by atoms with E-state index in [1.165, 1.54) is 18.2 Å². The summed E-state index contributed by atoms with van der Waals surface area (Å²) in [7, 11) is 0. The fraction of sp³-hybridized carbons (Fsp3) is 0.333. The highest BCUT2D eigenvalue weighted by Crippen LogP contribution is 2.19. The Morgan fingerprint density at radius 2 is 1.66 bits per heavy atom. The topological polar surface area (TPSA) is 95.8 Å². The third-order valence-corrected chi connectivity index (χ3v) is 5.08. The highest BCUT2D eigenvalue weighted by molar-refractivity contribution is 5.95. The van der Waals surface area contributed by atoms with Gasteiger partial charge in [-0.05, 0) is 31.0 Å². The molecule has 0 radical (unpaired) electrons. The standard InChI is InChI=1S/C21H24N4O4/c1-15-5-3-6-16(2)20(15)22-19(26)14-23-9-11-24(12-10-23)21(27)17-7-4-8-18(13-17)25(28)29/h3-8,13H,9-12,14H2,1-2H3,(H,22,26). The van der Waals surface area contributed by atoms with Gasteiger partial charge in [-0.25, -0.2) is 0 Å². The van der Waals surface area contributed by atoms with Crippen LogP contribution in [0.1, 0.15) is 21.5 Å². The first kappa shape index (κ1) is 20.5. The number of nitrogens with zero attached hydrogens (tertiary/aromatic N) is 3. The Morgan fingerprint density at radius 3 is 2.28 bits per heavy atom. The van der Waals surface area contributed by atoms with Crippen molar-refractivity contribution in [2.24, 2.45) is 0 Å². The van der Waals surface area contributed by atoms with E-state index in [1.54, 1.807) is 11.0 Å². The number of hydrogen-bond acceptors (Lipinski definition) is 5. The maximum atomic E-state index is 12.6. The molecule has 8 heteroatoms. The molecule has 29 heavy (non-hydrogen) atoms. The number of amides is 2. The van der Waals surface area contributed by atoms with Gasteiger partial charge in [0.05, 0.1) is 11.5 Å². The van der Waals surface area contributed by atoms with Crippen LogP contribution in [0.4, 0.5) is 11.4 Å². The molecule has 0 aliphatic carbocycles. The number of carbonyl (C=O) groups excluding carboxylic acids is 2. The lowest BCUT2D eigenvalue weighted by atomic mass is 10.1. The Bertz CT molecular complexity index is 916. The molecule has 2 amide bonds. The lowest BCUT2D eigenvalue weighted by Gasteiger charge is -2.34. The van der Waals surface area contributed by atoms with Gasteiger partial charge in [0.1, 0.15) is 0 Å². The van der Waals surface area contributed by atoms with E-state index < -0.39 is 4.92 Å². The smallest absolute Gasteiger partial charge is 0.270 e. The van der Waals surface area contributed by atoms with Crippen LogP contribution in [0.2, 0.25) is 0 Å². The molecule has 0 unspecified atom stereocenters. The molecule has 1 N–H and O–H groups in total. The summed E-state index contributed by atoms with van der Waals surface area (Å²) >= 11 is 0. The summed E-state index contributed by atoms with van der Waals surface area (Å²) in [4.78, 5) is 39.1. The molecule has 1 aliphatic heterocycles. The number of aryl methyl sites for hydroxylation is 2. The minimum atomic E-state index is -0.510. The summed E-state index contributed by atoms with van der Waals surface area (Å²) in [5, 5.41) is 13.9. The van der Waals surface area contributed by atoms with Crippen LogP contribution >= 0.6 is 0 Å². The quantitative estimate of drug-likeness (QED) is 0.619. The molecule has 0 bridgehead atoms. The Balaban J connectivity index is 1.54. The predicted molar refractivity (Wildman–Crippen MR) is 110 cm³/mol. The molecule has 2 aromatic rings. The van der Waals surface area contributed by atoms with Gasteiger partial charge in [0, 0.05) is 49.6 Å². The summed E-state index contributed by atoms with van der Waals surface area (Å²) < 4.78 is 0. The molecule has 0 spiro atoms. The minimum Gasteiger partial charge on any atom is -0.336 e. The van der Waals surface area contributed by atoms with Gasteiger partial charge >= 0.3 is 0 Å². The Labute approximate surface area is 169 Å². The Kier molecular flexibility index (Phi) is 6.23. The fourth-order valence-electron chi connectivity index (χ4n) is 3.44. The normalized spacial score (nSPS) is 14.5. The van der Waals surface area contributed by atoms with Gasteiger partial charge in [0.15, 0.2) is 0 Å². The van der Waals surface area contributed by atoms with Crippen LogP contribution in [-0.2, 0) is 4.79 Å². The van der Waals surface area contributed by atoms with Crippen LogP contribution < -0.4 is 5.32 Å². The molecular formula is C21H24N4O4. The minimum absolute atomic E-state index is 0.0825. The van der Waals surface area contributed by atoms with E-state index in [9.17, 15) is 19.7 Å². The molecule has 3 rings (SSSR count).